The van der Waals surface area contributed by atoms with Gasteiger partial charge in [-0.3, -0.25) is 4.79 Å². The maximum absolute atomic E-state index is 14.1. The summed E-state index contributed by atoms with van der Waals surface area (Å²) in [6, 6.07) is 6.46. The molecule has 4 heteroatoms. The van der Waals surface area contributed by atoms with Crippen LogP contribution in [0.25, 0.3) is 0 Å². The first-order chi connectivity index (χ1) is 8.78. The molecule has 106 valence electrons. The van der Waals surface area contributed by atoms with E-state index in [-0.39, 0.29) is 18.2 Å². The van der Waals surface area contributed by atoms with E-state index >= 15 is 0 Å². The zero-order valence-electron chi connectivity index (χ0n) is 12.0. The van der Waals surface area contributed by atoms with Gasteiger partial charge >= 0.3 is 5.97 Å². The van der Waals surface area contributed by atoms with Gasteiger partial charge in [-0.2, -0.15) is 0 Å². The number of methoxy groups -OCH3 is 1. The second kappa shape index (κ2) is 5.70. The molecule has 0 saturated heterocycles. The summed E-state index contributed by atoms with van der Waals surface area (Å²) in [7, 11) is 1.33. The molecular weight excluding hydrogens is 245 g/mol. The van der Waals surface area contributed by atoms with Crippen LogP contribution in [0.1, 0.15) is 39.2 Å². The molecule has 19 heavy (non-hydrogen) atoms. The Balaban J connectivity index is 3.41. The number of rotatable bonds is 5. The molecule has 0 amide bonds. The zero-order chi connectivity index (χ0) is 14.7. The highest BCUT2D eigenvalue weighted by Gasteiger charge is 2.46. The number of benzene rings is 1. The number of hydrogen-bond acceptors (Lipinski definition) is 3. The zero-order valence-corrected chi connectivity index (χ0v) is 12.0. The highest BCUT2D eigenvalue weighted by atomic mass is 19.1. The topological polar surface area (TPSA) is 52.3 Å². The van der Waals surface area contributed by atoms with Gasteiger partial charge in [0.25, 0.3) is 0 Å². The summed E-state index contributed by atoms with van der Waals surface area (Å²) < 4.78 is 18.9. The Hall–Kier alpha value is -1.42. The molecule has 0 aromatic heterocycles. The summed E-state index contributed by atoms with van der Waals surface area (Å²) in [6.07, 6.45) is 0.608. The Morgan fingerprint density at radius 1 is 1.37 bits per heavy atom. The fourth-order valence-corrected chi connectivity index (χ4v) is 2.61. The van der Waals surface area contributed by atoms with Crippen molar-refractivity contribution in [3.8, 4) is 0 Å². The Morgan fingerprint density at radius 3 is 2.37 bits per heavy atom. The van der Waals surface area contributed by atoms with Crippen LogP contribution in [0.5, 0.6) is 0 Å². The lowest BCUT2D eigenvalue weighted by molar-refractivity contribution is -0.143. The van der Waals surface area contributed by atoms with Crippen molar-refractivity contribution in [2.45, 2.75) is 44.6 Å². The standard InChI is InChI=1S/C15H22FNO2/c1-5-15(14(2,3)17,10-13(18)19-4)11-8-6-7-9-12(11)16/h6-9H,5,10,17H2,1-4H3. The van der Waals surface area contributed by atoms with E-state index < -0.39 is 11.0 Å². The third kappa shape index (κ3) is 2.95. The first-order valence-corrected chi connectivity index (χ1v) is 6.39. The molecule has 0 spiro atoms. The number of ether oxygens (including phenoxy) is 1. The lowest BCUT2D eigenvalue weighted by Crippen LogP contribution is -2.55. The summed E-state index contributed by atoms with van der Waals surface area (Å²) >= 11 is 0. The van der Waals surface area contributed by atoms with Crippen molar-refractivity contribution in [3.63, 3.8) is 0 Å². The summed E-state index contributed by atoms with van der Waals surface area (Å²) in [6.45, 7) is 5.53. The molecule has 1 atom stereocenters. The van der Waals surface area contributed by atoms with Crippen LogP contribution in [0.2, 0.25) is 0 Å². The van der Waals surface area contributed by atoms with Crippen LogP contribution in [0.3, 0.4) is 0 Å². The summed E-state index contributed by atoms with van der Waals surface area (Å²) in [5, 5.41) is 0. The molecule has 0 aliphatic carbocycles. The first-order valence-electron chi connectivity index (χ1n) is 6.39. The number of carbonyl (C=O) groups is 1. The molecule has 1 rings (SSSR count). The van der Waals surface area contributed by atoms with E-state index in [0.717, 1.165) is 0 Å². The maximum Gasteiger partial charge on any atom is 0.306 e. The molecule has 0 aliphatic heterocycles. The second-order valence-electron chi connectivity index (χ2n) is 5.39. The van der Waals surface area contributed by atoms with Crippen LogP contribution < -0.4 is 5.73 Å². The highest BCUT2D eigenvalue weighted by Crippen LogP contribution is 2.41. The molecule has 1 unspecified atom stereocenters. The van der Waals surface area contributed by atoms with Gasteiger partial charge in [0.1, 0.15) is 5.82 Å². The van der Waals surface area contributed by atoms with Crippen LogP contribution in [-0.4, -0.2) is 18.6 Å². The van der Waals surface area contributed by atoms with Gasteiger partial charge in [0, 0.05) is 11.0 Å². The van der Waals surface area contributed by atoms with Gasteiger partial charge in [-0.25, -0.2) is 4.39 Å². The summed E-state index contributed by atoms with van der Waals surface area (Å²) in [5.41, 5.74) is 5.18. The average molecular weight is 267 g/mol. The number of nitrogens with two attached hydrogens (primary N) is 1. The fraction of sp³-hybridized carbons (Fsp3) is 0.533. The Kier molecular flexibility index (Phi) is 4.69. The van der Waals surface area contributed by atoms with Crippen molar-refractivity contribution in [2.75, 3.05) is 7.11 Å². The van der Waals surface area contributed by atoms with E-state index in [0.29, 0.717) is 12.0 Å². The van der Waals surface area contributed by atoms with E-state index in [2.05, 4.69) is 0 Å². The Morgan fingerprint density at radius 2 is 1.95 bits per heavy atom. The molecule has 0 saturated carbocycles. The average Bonchev–Trinajstić information content (AvgIpc) is 2.35. The van der Waals surface area contributed by atoms with Crippen LogP contribution in [-0.2, 0) is 14.9 Å². The Labute approximate surface area is 113 Å². The van der Waals surface area contributed by atoms with E-state index in [1.165, 1.54) is 13.2 Å². The van der Waals surface area contributed by atoms with Crippen molar-refractivity contribution in [1.29, 1.82) is 0 Å². The molecule has 1 aromatic carbocycles. The predicted octanol–water partition coefficient (Wildman–Crippen LogP) is 2.77. The Bertz CT molecular complexity index is 454. The highest BCUT2D eigenvalue weighted by molar-refractivity contribution is 5.72. The third-order valence-corrected chi connectivity index (χ3v) is 3.90. The lowest BCUT2D eigenvalue weighted by atomic mass is 9.63. The van der Waals surface area contributed by atoms with E-state index in [1.807, 2.05) is 20.8 Å². The third-order valence-electron chi connectivity index (χ3n) is 3.90. The normalized spacial score (nSPS) is 14.8. The van der Waals surface area contributed by atoms with Gasteiger partial charge in [0.15, 0.2) is 0 Å². The van der Waals surface area contributed by atoms with Crippen LogP contribution in [0.4, 0.5) is 4.39 Å². The molecule has 0 aliphatic rings. The molecular formula is C15H22FNO2. The quantitative estimate of drug-likeness (QED) is 0.835. The van der Waals surface area contributed by atoms with E-state index in [4.69, 9.17) is 10.5 Å². The summed E-state index contributed by atoms with van der Waals surface area (Å²) in [4.78, 5) is 11.7. The minimum Gasteiger partial charge on any atom is -0.469 e. The van der Waals surface area contributed by atoms with Gasteiger partial charge in [-0.1, -0.05) is 25.1 Å². The fourth-order valence-electron chi connectivity index (χ4n) is 2.61. The molecule has 3 nitrogen and oxygen atoms in total. The van der Waals surface area contributed by atoms with Crippen molar-refractivity contribution in [3.05, 3.63) is 35.6 Å². The van der Waals surface area contributed by atoms with Gasteiger partial charge in [-0.15, -0.1) is 0 Å². The SMILES string of the molecule is CCC(CC(=O)OC)(c1ccccc1F)C(C)(C)N. The van der Waals surface area contributed by atoms with Crippen LogP contribution in [0, 0.1) is 5.82 Å². The minimum atomic E-state index is -0.786. The monoisotopic (exact) mass is 267 g/mol. The predicted molar refractivity (Wildman–Crippen MR) is 73.3 cm³/mol. The number of esters is 1. The molecule has 0 radical (unpaired) electrons. The van der Waals surface area contributed by atoms with E-state index in [1.54, 1.807) is 18.2 Å². The van der Waals surface area contributed by atoms with Gasteiger partial charge in [-0.05, 0) is 31.9 Å². The number of hydrogen-bond donors (Lipinski definition) is 1. The van der Waals surface area contributed by atoms with Gasteiger partial charge in [0.2, 0.25) is 0 Å². The lowest BCUT2D eigenvalue weighted by Gasteiger charge is -2.44. The van der Waals surface area contributed by atoms with Crippen molar-refractivity contribution in [2.24, 2.45) is 5.73 Å². The largest absolute Gasteiger partial charge is 0.469 e. The first kappa shape index (κ1) is 15.6. The maximum atomic E-state index is 14.1. The minimum absolute atomic E-state index is 0.0600. The molecule has 1 aromatic rings. The van der Waals surface area contributed by atoms with Crippen molar-refractivity contribution < 1.29 is 13.9 Å². The number of carbonyl (C=O) groups excluding carboxylic acids is 1. The molecule has 0 bridgehead atoms. The van der Waals surface area contributed by atoms with Gasteiger partial charge in [0.05, 0.1) is 13.5 Å². The summed E-state index contributed by atoms with van der Waals surface area (Å²) in [5.74, 6) is -0.726. The van der Waals surface area contributed by atoms with E-state index in [9.17, 15) is 9.18 Å². The second-order valence-corrected chi connectivity index (χ2v) is 5.39. The van der Waals surface area contributed by atoms with Crippen LogP contribution in [0.15, 0.2) is 24.3 Å². The van der Waals surface area contributed by atoms with Crippen molar-refractivity contribution >= 4 is 5.97 Å². The molecule has 0 fully saturated rings. The van der Waals surface area contributed by atoms with Crippen molar-refractivity contribution in [1.82, 2.24) is 0 Å². The molecule has 0 heterocycles. The van der Waals surface area contributed by atoms with Crippen LogP contribution >= 0.6 is 0 Å². The molecule has 2 N–H and O–H groups in total. The smallest absolute Gasteiger partial charge is 0.306 e. The van der Waals surface area contributed by atoms with Gasteiger partial charge < -0.3 is 10.5 Å². The number of halogens is 1.